The number of alkyl carbamates (subject to hydrolysis) is 1. The van der Waals surface area contributed by atoms with Crippen LogP contribution in [0.25, 0.3) is 0 Å². The van der Waals surface area contributed by atoms with Crippen LogP contribution in [0.2, 0.25) is 5.02 Å². The molecule has 2 atom stereocenters. The lowest BCUT2D eigenvalue weighted by molar-refractivity contribution is 0.0203. The molecule has 0 saturated carbocycles. The third-order valence-electron chi connectivity index (χ3n) is 3.48. The largest absolute Gasteiger partial charge is 0.452 e. The standard InChI is InChI=1S/C17H14ClNO4/c18-13-8-4-7-12(9-13)15(14-10-22-17(21)19-14)23-16(20)11-5-2-1-3-6-11/h1-9,14-15H,10H2,(H,19,21)/t14-,15+/m1/s1. The van der Waals surface area contributed by atoms with Crippen LogP contribution in [0.15, 0.2) is 54.6 Å². The van der Waals surface area contributed by atoms with Gasteiger partial charge in [0.05, 0.1) is 5.56 Å². The summed E-state index contributed by atoms with van der Waals surface area (Å²) in [5.74, 6) is -0.475. The Morgan fingerprint density at radius 2 is 2.00 bits per heavy atom. The van der Waals surface area contributed by atoms with Crippen molar-refractivity contribution in [1.82, 2.24) is 5.32 Å². The predicted molar refractivity (Wildman–Crippen MR) is 84.3 cm³/mol. The van der Waals surface area contributed by atoms with Gasteiger partial charge in [-0.15, -0.1) is 0 Å². The third kappa shape index (κ3) is 3.63. The molecule has 0 aromatic heterocycles. The van der Waals surface area contributed by atoms with Gasteiger partial charge in [-0.3, -0.25) is 0 Å². The van der Waals surface area contributed by atoms with E-state index in [1.165, 1.54) is 0 Å². The minimum atomic E-state index is -0.687. The van der Waals surface area contributed by atoms with Crippen LogP contribution in [0.4, 0.5) is 4.79 Å². The minimum absolute atomic E-state index is 0.123. The number of rotatable bonds is 4. The highest BCUT2D eigenvalue weighted by Gasteiger charge is 2.34. The van der Waals surface area contributed by atoms with Crippen LogP contribution in [-0.2, 0) is 9.47 Å². The van der Waals surface area contributed by atoms with Crippen molar-refractivity contribution in [3.63, 3.8) is 0 Å². The Hall–Kier alpha value is -2.53. The monoisotopic (exact) mass is 331 g/mol. The summed E-state index contributed by atoms with van der Waals surface area (Å²) < 4.78 is 10.5. The van der Waals surface area contributed by atoms with Gasteiger partial charge in [-0.25, -0.2) is 9.59 Å². The van der Waals surface area contributed by atoms with Gasteiger partial charge in [-0.2, -0.15) is 0 Å². The second-order valence-electron chi connectivity index (χ2n) is 5.10. The van der Waals surface area contributed by atoms with Crippen LogP contribution in [0.1, 0.15) is 22.0 Å². The molecule has 6 heteroatoms. The molecule has 1 fully saturated rings. The van der Waals surface area contributed by atoms with Crippen molar-refractivity contribution in [2.24, 2.45) is 0 Å². The lowest BCUT2D eigenvalue weighted by Gasteiger charge is -2.22. The molecule has 1 aliphatic rings. The molecule has 0 spiro atoms. The number of halogens is 1. The highest BCUT2D eigenvalue weighted by atomic mass is 35.5. The highest BCUT2D eigenvalue weighted by Crippen LogP contribution is 2.27. The number of hydrogen-bond donors (Lipinski definition) is 1. The van der Waals surface area contributed by atoms with Gasteiger partial charge in [-0.05, 0) is 29.8 Å². The average molecular weight is 332 g/mol. The van der Waals surface area contributed by atoms with Gasteiger partial charge in [0.25, 0.3) is 0 Å². The molecule has 118 valence electrons. The van der Waals surface area contributed by atoms with Crippen molar-refractivity contribution in [1.29, 1.82) is 0 Å². The van der Waals surface area contributed by atoms with Crippen LogP contribution >= 0.6 is 11.6 Å². The number of benzene rings is 2. The van der Waals surface area contributed by atoms with E-state index in [4.69, 9.17) is 21.1 Å². The molecule has 0 unspecified atom stereocenters. The summed E-state index contributed by atoms with van der Waals surface area (Å²) in [6, 6.07) is 15.2. The number of nitrogens with one attached hydrogen (secondary N) is 1. The molecular formula is C17H14ClNO4. The third-order valence-corrected chi connectivity index (χ3v) is 3.72. The quantitative estimate of drug-likeness (QED) is 0.873. The van der Waals surface area contributed by atoms with Gasteiger partial charge >= 0.3 is 12.1 Å². The Kier molecular flexibility index (Phi) is 4.48. The molecule has 5 nitrogen and oxygen atoms in total. The summed E-state index contributed by atoms with van der Waals surface area (Å²) in [6.45, 7) is 0.123. The van der Waals surface area contributed by atoms with Crippen LogP contribution < -0.4 is 5.32 Å². The maximum atomic E-state index is 12.3. The Bertz CT molecular complexity index is 720. The molecule has 3 rings (SSSR count). The molecule has 0 bridgehead atoms. The fourth-order valence-corrected chi connectivity index (χ4v) is 2.59. The molecular weight excluding hydrogens is 318 g/mol. The molecule has 2 aromatic rings. The lowest BCUT2D eigenvalue weighted by atomic mass is 10.0. The van der Waals surface area contributed by atoms with Crippen LogP contribution in [-0.4, -0.2) is 24.7 Å². The van der Waals surface area contributed by atoms with Crippen molar-refractivity contribution >= 4 is 23.7 Å². The topological polar surface area (TPSA) is 64.6 Å². The van der Waals surface area contributed by atoms with Gasteiger partial charge in [0.1, 0.15) is 12.6 Å². The first kappa shape index (κ1) is 15.4. The number of cyclic esters (lactones) is 1. The van der Waals surface area contributed by atoms with Crippen LogP contribution in [0.3, 0.4) is 0 Å². The first-order valence-corrected chi connectivity index (χ1v) is 7.46. The lowest BCUT2D eigenvalue weighted by Crippen LogP contribution is -2.35. The molecule has 1 saturated heterocycles. The number of esters is 1. The first-order valence-electron chi connectivity index (χ1n) is 7.08. The zero-order valence-corrected chi connectivity index (χ0v) is 12.8. The van der Waals surface area contributed by atoms with Gasteiger partial charge in [0, 0.05) is 5.02 Å². The molecule has 23 heavy (non-hydrogen) atoms. The van der Waals surface area contributed by atoms with Gasteiger partial charge in [-0.1, -0.05) is 41.9 Å². The van der Waals surface area contributed by atoms with E-state index >= 15 is 0 Å². The van der Waals surface area contributed by atoms with Crippen LogP contribution in [0, 0.1) is 0 Å². The fourth-order valence-electron chi connectivity index (χ4n) is 2.39. The van der Waals surface area contributed by atoms with Crippen molar-refractivity contribution < 1.29 is 19.1 Å². The number of hydrogen-bond acceptors (Lipinski definition) is 4. The van der Waals surface area contributed by atoms with E-state index in [2.05, 4.69) is 5.32 Å². The van der Waals surface area contributed by atoms with E-state index in [1.807, 2.05) is 6.07 Å². The van der Waals surface area contributed by atoms with E-state index in [0.29, 0.717) is 16.1 Å². The number of carbonyl (C=O) groups is 2. The molecule has 0 radical (unpaired) electrons. The summed E-state index contributed by atoms with van der Waals surface area (Å²) >= 11 is 6.02. The Morgan fingerprint density at radius 3 is 2.65 bits per heavy atom. The second kappa shape index (κ2) is 6.71. The summed E-state index contributed by atoms with van der Waals surface area (Å²) in [6.07, 6.45) is -1.22. The summed E-state index contributed by atoms with van der Waals surface area (Å²) in [4.78, 5) is 23.7. The molecule has 2 aromatic carbocycles. The fraction of sp³-hybridized carbons (Fsp3) is 0.176. The smallest absolute Gasteiger partial charge is 0.407 e. The SMILES string of the molecule is O=C1N[C@@H]([C@@H](OC(=O)c2ccccc2)c2cccc(Cl)c2)CO1. The van der Waals surface area contributed by atoms with Gasteiger partial charge in [0.15, 0.2) is 6.10 Å². The van der Waals surface area contributed by atoms with E-state index < -0.39 is 24.2 Å². The normalized spacial score (nSPS) is 18.0. The van der Waals surface area contributed by atoms with E-state index in [0.717, 1.165) is 0 Å². The molecule has 1 N–H and O–H groups in total. The van der Waals surface area contributed by atoms with Crippen molar-refractivity contribution in [3.05, 3.63) is 70.7 Å². The average Bonchev–Trinajstić information content (AvgIpc) is 2.99. The number of amides is 1. The predicted octanol–water partition coefficient (Wildman–Crippen LogP) is 3.35. The molecule has 1 amide bonds. The number of ether oxygens (including phenoxy) is 2. The summed E-state index contributed by atoms with van der Waals surface area (Å²) in [7, 11) is 0. The first-order chi connectivity index (χ1) is 11.1. The van der Waals surface area contributed by atoms with Gasteiger partial charge < -0.3 is 14.8 Å². The van der Waals surface area contributed by atoms with Gasteiger partial charge in [0.2, 0.25) is 0 Å². The maximum absolute atomic E-state index is 12.3. The van der Waals surface area contributed by atoms with E-state index in [9.17, 15) is 9.59 Å². The van der Waals surface area contributed by atoms with Crippen molar-refractivity contribution in [2.45, 2.75) is 12.1 Å². The molecule has 0 aliphatic carbocycles. The van der Waals surface area contributed by atoms with E-state index in [-0.39, 0.29) is 6.61 Å². The number of carbonyl (C=O) groups excluding carboxylic acids is 2. The van der Waals surface area contributed by atoms with Crippen LogP contribution in [0.5, 0.6) is 0 Å². The zero-order valence-electron chi connectivity index (χ0n) is 12.1. The minimum Gasteiger partial charge on any atom is -0.452 e. The Labute approximate surface area is 138 Å². The van der Waals surface area contributed by atoms with E-state index in [1.54, 1.807) is 48.5 Å². The Morgan fingerprint density at radius 1 is 1.22 bits per heavy atom. The van der Waals surface area contributed by atoms with Crippen molar-refractivity contribution in [3.8, 4) is 0 Å². The molecule has 1 aliphatic heterocycles. The molecule has 1 heterocycles. The zero-order chi connectivity index (χ0) is 16.2. The Balaban J connectivity index is 1.86. The van der Waals surface area contributed by atoms with Crippen molar-refractivity contribution in [2.75, 3.05) is 6.61 Å². The summed E-state index contributed by atoms with van der Waals surface area (Å²) in [5, 5.41) is 3.17. The highest BCUT2D eigenvalue weighted by molar-refractivity contribution is 6.30. The maximum Gasteiger partial charge on any atom is 0.407 e. The summed E-state index contributed by atoms with van der Waals surface area (Å²) in [5.41, 5.74) is 1.13. The second-order valence-corrected chi connectivity index (χ2v) is 5.53.